The largest absolute Gasteiger partial charge is 0.394 e. The molecular formula is C25H28ClN5O5. The van der Waals surface area contributed by atoms with E-state index >= 15 is 0 Å². The van der Waals surface area contributed by atoms with Gasteiger partial charge >= 0.3 is 0 Å². The number of imidazole rings is 1. The number of aliphatic hydroxyl groups is 1. The summed E-state index contributed by atoms with van der Waals surface area (Å²) in [6.45, 7) is 5.79. The average molecular weight is 514 g/mol. The first kappa shape index (κ1) is 22.8. The second kappa shape index (κ2) is 8.08. The van der Waals surface area contributed by atoms with Crippen LogP contribution in [-0.4, -0.2) is 75.1 Å². The quantitative estimate of drug-likeness (QED) is 0.529. The van der Waals surface area contributed by atoms with Gasteiger partial charge in [-0.2, -0.15) is 9.97 Å². The van der Waals surface area contributed by atoms with Crippen molar-refractivity contribution in [3.63, 3.8) is 0 Å². The Morgan fingerprint density at radius 1 is 1.11 bits per heavy atom. The van der Waals surface area contributed by atoms with Gasteiger partial charge in [0.2, 0.25) is 5.28 Å². The van der Waals surface area contributed by atoms with Crippen molar-refractivity contribution in [2.24, 2.45) is 0 Å². The number of ether oxygens (including phenoxy) is 4. The molecule has 4 atom stereocenters. The minimum absolute atomic E-state index is 0.00208. The number of anilines is 2. The Labute approximate surface area is 213 Å². The summed E-state index contributed by atoms with van der Waals surface area (Å²) in [7, 11) is 0. The van der Waals surface area contributed by atoms with Gasteiger partial charge in [0.25, 0.3) is 0 Å². The Hall–Kier alpha value is -2.34. The fourth-order valence-corrected chi connectivity index (χ4v) is 6.45. The molecule has 1 spiro atoms. The van der Waals surface area contributed by atoms with Crippen molar-refractivity contribution in [1.82, 2.24) is 19.5 Å². The first-order valence-electron chi connectivity index (χ1n) is 12.4. The summed E-state index contributed by atoms with van der Waals surface area (Å²) in [6.07, 6.45) is 1.66. The summed E-state index contributed by atoms with van der Waals surface area (Å²) < 4.78 is 25.9. The molecule has 0 radical (unpaired) electrons. The van der Waals surface area contributed by atoms with E-state index in [0.717, 1.165) is 38.3 Å². The zero-order valence-corrected chi connectivity index (χ0v) is 20.9. The number of nitrogens with zero attached hydrogens (tertiary/aromatic N) is 5. The zero-order valence-electron chi connectivity index (χ0n) is 20.1. The van der Waals surface area contributed by atoms with Crippen LogP contribution in [0, 0.1) is 0 Å². The summed E-state index contributed by atoms with van der Waals surface area (Å²) >= 11 is 6.51. The Kier molecular flexibility index (Phi) is 5.12. The predicted octanol–water partition coefficient (Wildman–Crippen LogP) is 3.09. The fourth-order valence-electron chi connectivity index (χ4n) is 6.29. The maximum Gasteiger partial charge on any atom is 0.226 e. The van der Waals surface area contributed by atoms with Crippen LogP contribution in [0.2, 0.25) is 5.28 Å². The minimum Gasteiger partial charge on any atom is -0.394 e. The van der Waals surface area contributed by atoms with Crippen LogP contribution in [0.15, 0.2) is 30.6 Å². The van der Waals surface area contributed by atoms with Crippen molar-refractivity contribution in [3.05, 3.63) is 41.4 Å². The number of rotatable bonds is 3. The normalized spacial score (nSPS) is 30.3. The average Bonchev–Trinajstić information content (AvgIpc) is 3.59. The molecule has 0 aliphatic carbocycles. The third-order valence-electron chi connectivity index (χ3n) is 7.89. The van der Waals surface area contributed by atoms with Crippen LogP contribution in [0.25, 0.3) is 11.2 Å². The molecule has 190 valence electrons. The molecule has 7 rings (SSSR count). The van der Waals surface area contributed by atoms with Gasteiger partial charge < -0.3 is 29.0 Å². The van der Waals surface area contributed by atoms with Crippen LogP contribution in [-0.2, 0) is 24.4 Å². The Morgan fingerprint density at radius 3 is 2.69 bits per heavy atom. The van der Waals surface area contributed by atoms with Gasteiger partial charge in [0.05, 0.1) is 12.9 Å². The number of para-hydroxylation sites is 1. The van der Waals surface area contributed by atoms with Crippen LogP contribution in [0.3, 0.4) is 0 Å². The van der Waals surface area contributed by atoms with E-state index in [1.54, 1.807) is 6.33 Å². The van der Waals surface area contributed by atoms with Gasteiger partial charge in [-0.3, -0.25) is 4.57 Å². The van der Waals surface area contributed by atoms with Gasteiger partial charge in [-0.05, 0) is 49.9 Å². The van der Waals surface area contributed by atoms with Gasteiger partial charge in [-0.1, -0.05) is 18.2 Å². The maximum absolute atomic E-state index is 9.91. The minimum atomic E-state index is -0.781. The molecule has 0 amide bonds. The lowest BCUT2D eigenvalue weighted by atomic mass is 9.76. The topological polar surface area (TPSA) is 104 Å². The van der Waals surface area contributed by atoms with Crippen LogP contribution < -0.4 is 4.90 Å². The molecule has 4 aliphatic heterocycles. The van der Waals surface area contributed by atoms with Gasteiger partial charge in [-0.25, -0.2) is 4.98 Å². The van der Waals surface area contributed by atoms with E-state index in [2.05, 4.69) is 33.1 Å². The number of benzene rings is 1. The summed E-state index contributed by atoms with van der Waals surface area (Å²) in [5.41, 5.74) is 3.59. The standard InChI is InChI=1S/C25H28ClN5O5/c1-24(2)35-18-16(11-32)34-22(19(18)36-24)31-13-27-17-20(28-23(26)29-21(17)31)30-12-25(7-9-33-10-8-25)14-5-3-4-6-15(14)30/h3-6,13,16,18-19,22,32H,7-12H2,1-2H3/t16-,18+,19?,22-/m1/s1. The number of fused-ring (bicyclic) bond motifs is 4. The number of halogens is 1. The van der Waals surface area contributed by atoms with Crippen molar-refractivity contribution in [3.8, 4) is 0 Å². The molecule has 3 saturated heterocycles. The van der Waals surface area contributed by atoms with Crippen molar-refractivity contribution in [2.75, 3.05) is 31.3 Å². The van der Waals surface area contributed by atoms with Gasteiger partial charge in [0, 0.05) is 30.9 Å². The second-order valence-electron chi connectivity index (χ2n) is 10.4. The Bertz CT molecular complexity index is 1330. The molecule has 11 heteroatoms. The lowest BCUT2D eigenvalue weighted by Gasteiger charge is -2.34. The molecule has 0 saturated carbocycles. The van der Waals surface area contributed by atoms with E-state index in [4.69, 9.17) is 35.5 Å². The van der Waals surface area contributed by atoms with Gasteiger partial charge in [0.1, 0.15) is 18.3 Å². The molecule has 0 bridgehead atoms. The van der Waals surface area contributed by atoms with Crippen LogP contribution in [0.5, 0.6) is 0 Å². The molecule has 1 N–H and O–H groups in total. The van der Waals surface area contributed by atoms with E-state index in [0.29, 0.717) is 17.0 Å². The lowest BCUT2D eigenvalue weighted by Crippen LogP contribution is -2.37. The molecule has 3 fully saturated rings. The van der Waals surface area contributed by atoms with Crippen molar-refractivity contribution >= 4 is 34.3 Å². The molecule has 4 aliphatic rings. The highest BCUT2D eigenvalue weighted by Crippen LogP contribution is 2.50. The molecule has 1 unspecified atom stereocenters. The molecule has 6 heterocycles. The third kappa shape index (κ3) is 3.32. The molecular weight excluding hydrogens is 486 g/mol. The number of hydrogen-bond acceptors (Lipinski definition) is 9. The predicted molar refractivity (Wildman–Crippen MR) is 130 cm³/mol. The Morgan fingerprint density at radius 2 is 1.89 bits per heavy atom. The number of aromatic nitrogens is 4. The summed E-state index contributed by atoms with van der Waals surface area (Å²) in [6, 6.07) is 8.47. The molecule has 36 heavy (non-hydrogen) atoms. The highest BCUT2D eigenvalue weighted by atomic mass is 35.5. The van der Waals surface area contributed by atoms with Crippen LogP contribution in [0.1, 0.15) is 38.5 Å². The van der Waals surface area contributed by atoms with Crippen molar-refractivity contribution in [2.45, 2.75) is 62.4 Å². The van der Waals surface area contributed by atoms with E-state index in [9.17, 15) is 5.11 Å². The maximum atomic E-state index is 9.91. The summed E-state index contributed by atoms with van der Waals surface area (Å²) in [5, 5.41) is 10.0. The third-order valence-corrected chi connectivity index (χ3v) is 8.06. The first-order chi connectivity index (χ1) is 17.4. The lowest BCUT2D eigenvalue weighted by molar-refractivity contribution is -0.199. The van der Waals surface area contributed by atoms with Crippen molar-refractivity contribution < 1.29 is 24.1 Å². The van der Waals surface area contributed by atoms with Gasteiger partial charge in [0.15, 0.2) is 29.0 Å². The smallest absolute Gasteiger partial charge is 0.226 e. The SMILES string of the molecule is CC1(C)OC2[C@@H](O1)[C@@H](CO)O[C@H]2n1cnc2c(N3CC4(CCOCC4)c4ccccc43)nc(Cl)nc21. The van der Waals surface area contributed by atoms with Crippen LogP contribution >= 0.6 is 11.6 Å². The van der Waals surface area contributed by atoms with E-state index in [-0.39, 0.29) is 17.3 Å². The van der Waals surface area contributed by atoms with E-state index in [1.165, 1.54) is 5.56 Å². The summed E-state index contributed by atoms with van der Waals surface area (Å²) in [4.78, 5) is 16.1. The highest BCUT2D eigenvalue weighted by Gasteiger charge is 2.56. The van der Waals surface area contributed by atoms with Crippen LogP contribution in [0.4, 0.5) is 11.5 Å². The highest BCUT2D eigenvalue weighted by molar-refractivity contribution is 6.28. The molecule has 2 aromatic heterocycles. The van der Waals surface area contributed by atoms with E-state index < -0.39 is 30.3 Å². The molecule has 3 aromatic rings. The fraction of sp³-hybridized carbons (Fsp3) is 0.560. The molecule has 10 nitrogen and oxygen atoms in total. The molecule has 1 aromatic carbocycles. The Balaban J connectivity index is 1.32. The number of hydrogen-bond donors (Lipinski definition) is 1. The second-order valence-corrected chi connectivity index (χ2v) is 10.8. The monoisotopic (exact) mass is 513 g/mol. The van der Waals surface area contributed by atoms with Gasteiger partial charge in [-0.15, -0.1) is 0 Å². The first-order valence-corrected chi connectivity index (χ1v) is 12.7. The summed E-state index contributed by atoms with van der Waals surface area (Å²) in [5.74, 6) is -0.118. The zero-order chi connectivity index (χ0) is 24.7. The van der Waals surface area contributed by atoms with Crippen molar-refractivity contribution in [1.29, 1.82) is 0 Å². The van der Waals surface area contributed by atoms with E-state index in [1.807, 2.05) is 24.5 Å². The number of aliphatic hydroxyl groups excluding tert-OH is 1.